The van der Waals surface area contributed by atoms with Crippen molar-refractivity contribution in [2.24, 2.45) is 10.7 Å². The summed E-state index contributed by atoms with van der Waals surface area (Å²) in [6.07, 6.45) is 0.460. The minimum Gasteiger partial charge on any atom is -0.493 e. The molecule has 0 amide bonds. The SMILES string of the molecule is COc1ccc(NC(N)=NCCc2nc(-c3cccc(Cl)c3)no2)cc1OC. The van der Waals surface area contributed by atoms with E-state index in [-0.39, 0.29) is 5.96 Å². The van der Waals surface area contributed by atoms with Gasteiger partial charge in [-0.2, -0.15) is 4.98 Å². The maximum absolute atomic E-state index is 5.98. The number of ether oxygens (including phenoxy) is 2. The van der Waals surface area contributed by atoms with Crippen LogP contribution < -0.4 is 20.5 Å². The third-order valence-corrected chi connectivity index (χ3v) is 4.05. The zero-order chi connectivity index (χ0) is 19.9. The van der Waals surface area contributed by atoms with Gasteiger partial charge in [0.2, 0.25) is 11.7 Å². The lowest BCUT2D eigenvalue weighted by Crippen LogP contribution is -2.23. The Balaban J connectivity index is 1.57. The number of nitrogens with zero attached hydrogens (tertiary/aromatic N) is 3. The Kier molecular flexibility index (Phi) is 6.33. The molecule has 0 unspecified atom stereocenters. The Labute approximate surface area is 167 Å². The minimum atomic E-state index is 0.266. The minimum absolute atomic E-state index is 0.266. The Morgan fingerprint density at radius 3 is 2.75 bits per heavy atom. The Bertz CT molecular complexity index is 974. The van der Waals surface area contributed by atoms with E-state index in [0.717, 1.165) is 11.3 Å². The molecule has 3 rings (SSSR count). The van der Waals surface area contributed by atoms with Crippen molar-refractivity contribution in [1.82, 2.24) is 10.1 Å². The third-order valence-electron chi connectivity index (χ3n) is 3.81. The summed E-state index contributed by atoms with van der Waals surface area (Å²) in [6.45, 7) is 0.392. The summed E-state index contributed by atoms with van der Waals surface area (Å²) < 4.78 is 15.7. The van der Waals surface area contributed by atoms with Gasteiger partial charge in [-0.25, -0.2) is 0 Å². The van der Waals surface area contributed by atoms with Crippen molar-refractivity contribution in [1.29, 1.82) is 0 Å². The van der Waals surface area contributed by atoms with E-state index in [0.29, 0.717) is 41.2 Å². The predicted octanol–water partition coefficient (Wildman–Crippen LogP) is 3.38. The molecule has 0 aliphatic rings. The number of hydrogen-bond acceptors (Lipinski definition) is 6. The fraction of sp³-hybridized carbons (Fsp3) is 0.211. The highest BCUT2D eigenvalue weighted by atomic mass is 35.5. The predicted molar refractivity (Wildman–Crippen MR) is 108 cm³/mol. The van der Waals surface area contributed by atoms with E-state index in [1.807, 2.05) is 18.2 Å². The maximum atomic E-state index is 5.98. The smallest absolute Gasteiger partial charge is 0.228 e. The molecule has 0 radical (unpaired) electrons. The molecule has 0 bridgehead atoms. The van der Waals surface area contributed by atoms with E-state index in [2.05, 4.69) is 20.4 Å². The first kappa shape index (κ1) is 19.5. The molecular weight excluding hydrogens is 382 g/mol. The first-order valence-electron chi connectivity index (χ1n) is 8.46. The van der Waals surface area contributed by atoms with E-state index < -0.39 is 0 Å². The van der Waals surface area contributed by atoms with Crippen LogP contribution >= 0.6 is 11.6 Å². The number of halogens is 1. The topological polar surface area (TPSA) is 108 Å². The number of methoxy groups -OCH3 is 2. The van der Waals surface area contributed by atoms with Gasteiger partial charge in [0.25, 0.3) is 0 Å². The Morgan fingerprint density at radius 2 is 2.00 bits per heavy atom. The second-order valence-corrected chi connectivity index (χ2v) is 6.17. The molecule has 0 saturated heterocycles. The fourth-order valence-corrected chi connectivity index (χ4v) is 2.66. The summed E-state index contributed by atoms with van der Waals surface area (Å²) in [5.74, 6) is 2.45. The lowest BCUT2D eigenvalue weighted by atomic mass is 10.2. The van der Waals surface area contributed by atoms with Crippen LogP contribution in [0.15, 0.2) is 52.0 Å². The molecule has 28 heavy (non-hydrogen) atoms. The van der Waals surface area contributed by atoms with E-state index in [1.165, 1.54) is 0 Å². The summed E-state index contributed by atoms with van der Waals surface area (Å²) in [6, 6.07) is 12.6. The zero-order valence-corrected chi connectivity index (χ0v) is 16.2. The third kappa shape index (κ3) is 4.92. The van der Waals surface area contributed by atoms with Crippen LogP contribution in [0.4, 0.5) is 5.69 Å². The first-order chi connectivity index (χ1) is 13.6. The lowest BCUT2D eigenvalue weighted by Gasteiger charge is -2.10. The van der Waals surface area contributed by atoms with Crippen molar-refractivity contribution in [2.45, 2.75) is 6.42 Å². The van der Waals surface area contributed by atoms with E-state index in [9.17, 15) is 0 Å². The summed E-state index contributed by atoms with van der Waals surface area (Å²) >= 11 is 5.98. The number of rotatable bonds is 7. The molecule has 3 N–H and O–H groups in total. The van der Waals surface area contributed by atoms with E-state index in [4.69, 9.17) is 31.3 Å². The van der Waals surface area contributed by atoms with Crippen molar-refractivity contribution >= 4 is 23.2 Å². The van der Waals surface area contributed by atoms with Gasteiger partial charge in [0.1, 0.15) is 0 Å². The Morgan fingerprint density at radius 1 is 1.18 bits per heavy atom. The number of hydrogen-bond donors (Lipinski definition) is 2. The van der Waals surface area contributed by atoms with E-state index in [1.54, 1.807) is 38.5 Å². The highest BCUT2D eigenvalue weighted by Gasteiger charge is 2.09. The number of nitrogens with one attached hydrogen (secondary N) is 1. The number of anilines is 1. The highest BCUT2D eigenvalue weighted by Crippen LogP contribution is 2.29. The number of aliphatic imine (C=N–C) groups is 1. The van der Waals surface area contributed by atoms with Crippen molar-refractivity contribution in [2.75, 3.05) is 26.1 Å². The average Bonchev–Trinajstić information content (AvgIpc) is 3.17. The molecule has 2 aromatic carbocycles. The van der Waals surface area contributed by atoms with Crippen LogP contribution in [0.25, 0.3) is 11.4 Å². The van der Waals surface area contributed by atoms with Gasteiger partial charge in [-0.15, -0.1) is 0 Å². The van der Waals surface area contributed by atoms with Crippen LogP contribution in [0.5, 0.6) is 11.5 Å². The second kappa shape index (κ2) is 9.09. The lowest BCUT2D eigenvalue weighted by molar-refractivity contribution is 0.355. The van der Waals surface area contributed by atoms with Crippen molar-refractivity contribution in [3.05, 3.63) is 53.4 Å². The van der Waals surface area contributed by atoms with Gasteiger partial charge in [-0.05, 0) is 24.3 Å². The van der Waals surface area contributed by atoms with E-state index >= 15 is 0 Å². The highest BCUT2D eigenvalue weighted by molar-refractivity contribution is 6.30. The molecule has 0 spiro atoms. The number of guanidine groups is 1. The molecule has 8 nitrogen and oxygen atoms in total. The largest absolute Gasteiger partial charge is 0.493 e. The van der Waals surface area contributed by atoms with Gasteiger partial charge >= 0.3 is 0 Å². The zero-order valence-electron chi connectivity index (χ0n) is 15.5. The fourth-order valence-electron chi connectivity index (χ4n) is 2.47. The van der Waals surface area contributed by atoms with Crippen LogP contribution in [0.1, 0.15) is 5.89 Å². The Hall–Kier alpha value is -3.26. The molecule has 0 fully saturated rings. The molecule has 1 heterocycles. The van der Waals surface area contributed by atoms with Crippen LogP contribution in [-0.4, -0.2) is 36.9 Å². The van der Waals surface area contributed by atoms with Gasteiger partial charge in [-0.1, -0.05) is 28.9 Å². The summed E-state index contributed by atoms with van der Waals surface area (Å²) in [5.41, 5.74) is 7.46. The normalized spacial score (nSPS) is 11.3. The first-order valence-corrected chi connectivity index (χ1v) is 8.84. The molecule has 0 aliphatic heterocycles. The molecule has 0 atom stereocenters. The molecular formula is C19H20ClN5O3. The summed E-state index contributed by atoms with van der Waals surface area (Å²) in [4.78, 5) is 8.62. The van der Waals surface area contributed by atoms with Crippen LogP contribution in [-0.2, 0) is 6.42 Å². The van der Waals surface area contributed by atoms with Gasteiger partial charge < -0.3 is 25.0 Å². The standard InChI is InChI=1S/C19H20ClN5O3/c1-26-15-7-6-14(11-16(15)27-2)23-19(21)22-9-8-17-24-18(25-28-17)12-4-3-5-13(20)10-12/h3-7,10-11H,8-9H2,1-2H3,(H3,21,22,23). The molecule has 0 saturated carbocycles. The molecule has 1 aromatic heterocycles. The molecule has 146 valence electrons. The molecule has 3 aromatic rings. The molecule has 9 heteroatoms. The van der Waals surface area contributed by atoms with Crippen molar-refractivity contribution in [3.63, 3.8) is 0 Å². The number of benzene rings is 2. The quantitative estimate of drug-likeness (QED) is 0.461. The van der Waals surface area contributed by atoms with Crippen molar-refractivity contribution in [3.8, 4) is 22.9 Å². The average molecular weight is 402 g/mol. The van der Waals surface area contributed by atoms with Gasteiger partial charge in [0, 0.05) is 28.8 Å². The van der Waals surface area contributed by atoms with Gasteiger partial charge in [0.05, 0.1) is 20.8 Å². The van der Waals surface area contributed by atoms with Gasteiger partial charge in [0.15, 0.2) is 17.5 Å². The van der Waals surface area contributed by atoms with Crippen molar-refractivity contribution < 1.29 is 14.0 Å². The summed E-state index contributed by atoms with van der Waals surface area (Å²) in [7, 11) is 3.15. The van der Waals surface area contributed by atoms with Gasteiger partial charge in [-0.3, -0.25) is 4.99 Å². The summed E-state index contributed by atoms with van der Waals surface area (Å²) in [5, 5.41) is 7.58. The monoisotopic (exact) mass is 401 g/mol. The van der Waals surface area contributed by atoms with Crippen LogP contribution in [0, 0.1) is 0 Å². The maximum Gasteiger partial charge on any atom is 0.228 e. The molecule has 0 aliphatic carbocycles. The number of nitrogens with two attached hydrogens (primary N) is 1. The second-order valence-electron chi connectivity index (χ2n) is 5.73. The van der Waals surface area contributed by atoms with Crippen LogP contribution in [0.3, 0.4) is 0 Å². The van der Waals surface area contributed by atoms with Crippen LogP contribution in [0.2, 0.25) is 5.02 Å². The number of aromatic nitrogens is 2.